The zero-order valence-electron chi connectivity index (χ0n) is 11.0. The molecule has 0 amide bonds. The number of hydrogen-bond acceptors (Lipinski definition) is 4. The summed E-state index contributed by atoms with van der Waals surface area (Å²) in [6.07, 6.45) is 0. The molecular formula is C16H14O2S2. The van der Waals surface area contributed by atoms with Crippen LogP contribution < -0.4 is 0 Å². The lowest BCUT2D eigenvalue weighted by Gasteiger charge is -2.27. The monoisotopic (exact) mass is 302 g/mol. The largest absolute Gasteiger partial charge is 0.468 e. The molecule has 2 aromatic rings. The van der Waals surface area contributed by atoms with E-state index < -0.39 is 0 Å². The SMILES string of the molecule is COC(=O)CSC1c2ccccc2Sc2ccccc21. The number of thioether (sulfide) groups is 1. The molecule has 0 unspecified atom stereocenters. The van der Waals surface area contributed by atoms with Crippen LogP contribution in [0.25, 0.3) is 0 Å². The molecule has 1 aliphatic heterocycles. The first-order valence-electron chi connectivity index (χ1n) is 6.33. The molecule has 4 heteroatoms. The van der Waals surface area contributed by atoms with Gasteiger partial charge in [0.15, 0.2) is 0 Å². The van der Waals surface area contributed by atoms with Crippen molar-refractivity contribution >= 4 is 29.5 Å². The Morgan fingerprint density at radius 3 is 2.20 bits per heavy atom. The summed E-state index contributed by atoms with van der Waals surface area (Å²) in [4.78, 5) is 14.0. The van der Waals surface area contributed by atoms with Gasteiger partial charge in [-0.25, -0.2) is 0 Å². The number of fused-ring (bicyclic) bond motifs is 2. The van der Waals surface area contributed by atoms with E-state index in [0.717, 1.165) is 0 Å². The maximum atomic E-state index is 11.4. The van der Waals surface area contributed by atoms with Crippen LogP contribution in [-0.2, 0) is 9.53 Å². The van der Waals surface area contributed by atoms with Gasteiger partial charge in [0.25, 0.3) is 0 Å². The highest BCUT2D eigenvalue weighted by Crippen LogP contribution is 2.50. The number of hydrogen-bond donors (Lipinski definition) is 0. The van der Waals surface area contributed by atoms with Gasteiger partial charge >= 0.3 is 5.97 Å². The van der Waals surface area contributed by atoms with Crippen molar-refractivity contribution in [1.29, 1.82) is 0 Å². The van der Waals surface area contributed by atoms with Crippen LogP contribution in [0.4, 0.5) is 0 Å². The number of rotatable bonds is 3. The van der Waals surface area contributed by atoms with Gasteiger partial charge < -0.3 is 4.74 Å². The third-order valence-corrected chi connectivity index (χ3v) is 5.65. The van der Waals surface area contributed by atoms with Crippen molar-refractivity contribution in [3.05, 3.63) is 59.7 Å². The van der Waals surface area contributed by atoms with Gasteiger partial charge in [-0.05, 0) is 23.3 Å². The van der Waals surface area contributed by atoms with Crippen LogP contribution in [0.3, 0.4) is 0 Å². The minimum absolute atomic E-state index is 0.178. The van der Waals surface area contributed by atoms with Crippen molar-refractivity contribution in [3.63, 3.8) is 0 Å². The van der Waals surface area contributed by atoms with Gasteiger partial charge in [-0.1, -0.05) is 48.2 Å². The molecule has 0 atom stereocenters. The van der Waals surface area contributed by atoms with E-state index in [1.54, 1.807) is 23.5 Å². The van der Waals surface area contributed by atoms with Crippen LogP contribution in [0.2, 0.25) is 0 Å². The van der Waals surface area contributed by atoms with E-state index in [-0.39, 0.29) is 11.2 Å². The van der Waals surface area contributed by atoms with Crippen molar-refractivity contribution in [1.82, 2.24) is 0 Å². The summed E-state index contributed by atoms with van der Waals surface area (Å²) in [6, 6.07) is 16.8. The fourth-order valence-corrected chi connectivity index (χ4v) is 4.73. The predicted molar refractivity (Wildman–Crippen MR) is 83.3 cm³/mol. The number of carbonyl (C=O) groups is 1. The molecule has 0 saturated heterocycles. The third-order valence-electron chi connectivity index (χ3n) is 3.22. The Morgan fingerprint density at radius 1 is 1.10 bits per heavy atom. The molecule has 102 valence electrons. The summed E-state index contributed by atoms with van der Waals surface area (Å²) < 4.78 is 4.75. The fraction of sp³-hybridized carbons (Fsp3) is 0.188. The normalized spacial score (nSPS) is 13.4. The Kier molecular flexibility index (Phi) is 4.03. The van der Waals surface area contributed by atoms with Crippen LogP contribution >= 0.6 is 23.5 Å². The molecule has 0 radical (unpaired) electrons. The number of benzene rings is 2. The summed E-state index contributed by atoms with van der Waals surface area (Å²) in [5.74, 6) is 0.192. The molecule has 1 heterocycles. The second kappa shape index (κ2) is 5.94. The molecule has 2 aromatic carbocycles. The smallest absolute Gasteiger partial charge is 0.315 e. The first kappa shape index (κ1) is 13.6. The molecular weight excluding hydrogens is 288 g/mol. The molecule has 0 aromatic heterocycles. The number of carbonyl (C=O) groups excluding carboxylic acids is 1. The number of methoxy groups -OCH3 is 1. The highest BCUT2D eigenvalue weighted by molar-refractivity contribution is 8.01. The molecule has 0 saturated carbocycles. The van der Waals surface area contributed by atoms with Crippen molar-refractivity contribution < 1.29 is 9.53 Å². The van der Waals surface area contributed by atoms with Gasteiger partial charge in [0, 0.05) is 9.79 Å². The minimum atomic E-state index is -0.178. The van der Waals surface area contributed by atoms with E-state index in [1.807, 2.05) is 0 Å². The van der Waals surface area contributed by atoms with Gasteiger partial charge in [-0.2, -0.15) is 0 Å². The Hall–Kier alpha value is -1.39. The molecule has 3 rings (SSSR count). The molecule has 0 bridgehead atoms. The summed E-state index contributed by atoms with van der Waals surface area (Å²) >= 11 is 3.42. The van der Waals surface area contributed by atoms with Crippen molar-refractivity contribution in [2.45, 2.75) is 15.0 Å². The quantitative estimate of drug-likeness (QED) is 0.796. The second-order valence-electron chi connectivity index (χ2n) is 4.44. The molecule has 0 N–H and O–H groups in total. The molecule has 0 aliphatic carbocycles. The van der Waals surface area contributed by atoms with Crippen molar-refractivity contribution in [2.24, 2.45) is 0 Å². The van der Waals surface area contributed by atoms with Crippen LogP contribution in [0.15, 0.2) is 58.3 Å². The number of esters is 1. The second-order valence-corrected chi connectivity index (χ2v) is 6.62. The summed E-state index contributed by atoms with van der Waals surface area (Å²) in [7, 11) is 1.43. The zero-order chi connectivity index (χ0) is 13.9. The van der Waals surface area contributed by atoms with Crippen LogP contribution in [0.5, 0.6) is 0 Å². The lowest BCUT2D eigenvalue weighted by atomic mass is 10.0. The Bertz CT molecular complexity index is 594. The summed E-state index contributed by atoms with van der Waals surface area (Å²) in [6.45, 7) is 0. The molecule has 0 fully saturated rings. The van der Waals surface area contributed by atoms with E-state index in [4.69, 9.17) is 4.74 Å². The maximum Gasteiger partial charge on any atom is 0.315 e. The maximum absolute atomic E-state index is 11.4. The first-order chi connectivity index (χ1) is 9.79. The zero-order valence-corrected chi connectivity index (χ0v) is 12.7. The van der Waals surface area contributed by atoms with Crippen LogP contribution in [0, 0.1) is 0 Å². The van der Waals surface area contributed by atoms with E-state index in [2.05, 4.69) is 48.5 Å². The highest BCUT2D eigenvalue weighted by atomic mass is 32.2. The molecule has 20 heavy (non-hydrogen) atoms. The van der Waals surface area contributed by atoms with E-state index in [1.165, 1.54) is 28.0 Å². The van der Waals surface area contributed by atoms with E-state index >= 15 is 0 Å². The Labute approximate surface area is 126 Å². The van der Waals surface area contributed by atoms with Crippen molar-refractivity contribution in [3.8, 4) is 0 Å². The fourth-order valence-electron chi connectivity index (χ4n) is 2.26. The lowest BCUT2D eigenvalue weighted by molar-refractivity contribution is -0.137. The van der Waals surface area contributed by atoms with Gasteiger partial charge in [0.05, 0.1) is 18.1 Å². The van der Waals surface area contributed by atoms with Crippen LogP contribution in [-0.4, -0.2) is 18.8 Å². The summed E-state index contributed by atoms with van der Waals surface area (Å²) in [5, 5.41) is 0.197. The van der Waals surface area contributed by atoms with Gasteiger partial charge in [0.2, 0.25) is 0 Å². The number of ether oxygens (including phenoxy) is 1. The average Bonchev–Trinajstić information content (AvgIpc) is 2.51. The standard InChI is InChI=1S/C16H14O2S2/c1-18-15(17)10-19-16-11-6-2-4-8-13(11)20-14-9-5-3-7-12(14)16/h2-9,16H,10H2,1H3. The lowest BCUT2D eigenvalue weighted by Crippen LogP contribution is -2.10. The van der Waals surface area contributed by atoms with Gasteiger partial charge in [0.1, 0.15) is 0 Å². The predicted octanol–water partition coefficient (Wildman–Crippen LogP) is 4.15. The van der Waals surface area contributed by atoms with Crippen molar-refractivity contribution in [2.75, 3.05) is 12.9 Å². The van der Waals surface area contributed by atoms with Crippen LogP contribution in [0.1, 0.15) is 16.4 Å². The summed E-state index contributed by atoms with van der Waals surface area (Å²) in [5.41, 5.74) is 2.57. The minimum Gasteiger partial charge on any atom is -0.468 e. The first-order valence-corrected chi connectivity index (χ1v) is 8.20. The Morgan fingerprint density at radius 2 is 1.65 bits per heavy atom. The van der Waals surface area contributed by atoms with Gasteiger partial charge in [-0.15, -0.1) is 11.8 Å². The highest BCUT2D eigenvalue weighted by Gasteiger charge is 2.26. The molecule has 1 aliphatic rings. The third kappa shape index (κ3) is 2.58. The van der Waals surface area contributed by atoms with E-state index in [9.17, 15) is 4.79 Å². The topological polar surface area (TPSA) is 26.3 Å². The van der Waals surface area contributed by atoms with E-state index in [0.29, 0.717) is 5.75 Å². The average molecular weight is 302 g/mol. The Balaban J connectivity index is 1.97. The molecule has 0 spiro atoms. The molecule has 2 nitrogen and oxygen atoms in total. The van der Waals surface area contributed by atoms with Gasteiger partial charge in [-0.3, -0.25) is 4.79 Å².